The molecule has 18 heavy (non-hydrogen) atoms. The summed E-state index contributed by atoms with van der Waals surface area (Å²) in [6, 6.07) is 13.2. The van der Waals surface area contributed by atoms with Crippen molar-refractivity contribution in [3.8, 4) is 0 Å². The van der Waals surface area contributed by atoms with Crippen molar-refractivity contribution in [3.05, 3.63) is 65.1 Å². The van der Waals surface area contributed by atoms with E-state index >= 15 is 0 Å². The van der Waals surface area contributed by atoms with E-state index in [1.54, 1.807) is 18.3 Å². The normalized spacial score (nSPS) is 11.6. The molecule has 0 bridgehead atoms. The molecule has 0 unspecified atom stereocenters. The summed E-state index contributed by atoms with van der Waals surface area (Å²) in [5, 5.41) is 12.0. The van der Waals surface area contributed by atoms with E-state index in [0.29, 0.717) is 5.69 Å². The van der Waals surface area contributed by atoms with Gasteiger partial charge in [0.15, 0.2) is 6.20 Å². The third-order valence-electron chi connectivity index (χ3n) is 2.90. The summed E-state index contributed by atoms with van der Waals surface area (Å²) in [6.45, 7) is 2.11. The van der Waals surface area contributed by atoms with Crippen LogP contribution in [0.3, 0.4) is 0 Å². The van der Waals surface area contributed by atoms with Crippen molar-refractivity contribution in [1.29, 1.82) is 0 Å². The summed E-state index contributed by atoms with van der Waals surface area (Å²) >= 11 is 0. The molecule has 0 aliphatic heterocycles. The molecule has 0 amide bonds. The van der Waals surface area contributed by atoms with Crippen LogP contribution in [0.15, 0.2) is 48.7 Å². The van der Waals surface area contributed by atoms with E-state index in [1.165, 1.54) is 5.56 Å². The van der Waals surface area contributed by atoms with Gasteiger partial charge in [-0.05, 0) is 12.5 Å². The zero-order valence-corrected chi connectivity index (χ0v) is 10.7. The fourth-order valence-corrected chi connectivity index (χ4v) is 1.79. The lowest BCUT2D eigenvalue weighted by Crippen LogP contribution is -2.34. The third-order valence-corrected chi connectivity index (χ3v) is 2.90. The Labute approximate surface area is 107 Å². The molecule has 3 nitrogen and oxygen atoms in total. The SMILES string of the molecule is CCc1ccc(/C=[N+](\[O-])c2ccccc2)[n+](C)c1. The van der Waals surface area contributed by atoms with Crippen LogP contribution in [0, 0.1) is 5.21 Å². The van der Waals surface area contributed by atoms with Crippen LogP contribution in [0.2, 0.25) is 0 Å². The van der Waals surface area contributed by atoms with Gasteiger partial charge >= 0.3 is 0 Å². The lowest BCUT2D eigenvalue weighted by Gasteiger charge is -2.02. The number of hydrogen-bond donors (Lipinski definition) is 0. The number of aryl methyl sites for hydroxylation is 2. The molecular weight excluding hydrogens is 224 g/mol. The number of aromatic nitrogens is 1. The fourth-order valence-electron chi connectivity index (χ4n) is 1.79. The lowest BCUT2D eigenvalue weighted by molar-refractivity contribution is -0.674. The van der Waals surface area contributed by atoms with Crippen molar-refractivity contribution in [3.63, 3.8) is 0 Å². The molecule has 0 saturated carbocycles. The number of nitrogens with zero attached hydrogens (tertiary/aromatic N) is 2. The van der Waals surface area contributed by atoms with Gasteiger partial charge in [-0.2, -0.15) is 9.31 Å². The van der Waals surface area contributed by atoms with Gasteiger partial charge in [-0.25, -0.2) is 0 Å². The molecule has 0 fully saturated rings. The van der Waals surface area contributed by atoms with E-state index in [2.05, 4.69) is 6.92 Å². The molecule has 3 heteroatoms. The second-order valence-electron chi connectivity index (χ2n) is 4.22. The van der Waals surface area contributed by atoms with Gasteiger partial charge in [0.25, 0.3) is 11.9 Å². The van der Waals surface area contributed by atoms with Gasteiger partial charge in [-0.3, -0.25) is 0 Å². The molecule has 1 aromatic heterocycles. The molecule has 0 atom stereocenters. The van der Waals surface area contributed by atoms with Gasteiger partial charge in [-0.15, -0.1) is 0 Å². The fraction of sp³-hybridized carbons (Fsp3) is 0.200. The Morgan fingerprint density at radius 3 is 2.50 bits per heavy atom. The largest absolute Gasteiger partial charge is 0.618 e. The molecular formula is C15H17N2O+. The van der Waals surface area contributed by atoms with Crippen LogP contribution in [0.5, 0.6) is 0 Å². The molecule has 1 aromatic carbocycles. The van der Waals surface area contributed by atoms with E-state index in [1.807, 2.05) is 48.1 Å². The maximum atomic E-state index is 12.0. The second kappa shape index (κ2) is 5.45. The molecule has 0 N–H and O–H groups in total. The Morgan fingerprint density at radius 1 is 1.17 bits per heavy atom. The zero-order chi connectivity index (χ0) is 13.0. The quantitative estimate of drug-likeness (QED) is 0.351. The standard InChI is InChI=1S/C15H17N2O/c1-3-13-9-10-15(16(2)11-13)12-17(18)14-7-5-4-6-8-14/h4-12H,3H2,1-2H3/q+1/b17-12-. The van der Waals surface area contributed by atoms with Gasteiger partial charge in [0.1, 0.15) is 7.05 Å². The van der Waals surface area contributed by atoms with E-state index < -0.39 is 0 Å². The van der Waals surface area contributed by atoms with Crippen LogP contribution in [-0.2, 0) is 13.5 Å². The minimum atomic E-state index is 0.636. The minimum absolute atomic E-state index is 0.636. The summed E-state index contributed by atoms with van der Waals surface area (Å²) in [7, 11) is 1.95. The first-order valence-electron chi connectivity index (χ1n) is 6.05. The molecule has 2 rings (SSSR count). The average Bonchev–Trinajstić information content (AvgIpc) is 2.42. The Hall–Kier alpha value is -2.16. The molecule has 0 aliphatic carbocycles. The first-order chi connectivity index (χ1) is 8.70. The topological polar surface area (TPSA) is 29.9 Å². The van der Waals surface area contributed by atoms with Crippen molar-refractivity contribution in [2.75, 3.05) is 0 Å². The van der Waals surface area contributed by atoms with Gasteiger partial charge in [0.2, 0.25) is 5.69 Å². The summed E-state index contributed by atoms with van der Waals surface area (Å²) < 4.78 is 2.85. The maximum absolute atomic E-state index is 12.0. The average molecular weight is 241 g/mol. The zero-order valence-electron chi connectivity index (χ0n) is 10.7. The third kappa shape index (κ3) is 2.74. The predicted molar refractivity (Wildman–Crippen MR) is 71.9 cm³/mol. The van der Waals surface area contributed by atoms with Gasteiger partial charge in [0.05, 0.1) is 0 Å². The molecule has 0 spiro atoms. The predicted octanol–water partition coefficient (Wildman–Crippen LogP) is 2.33. The molecule has 0 saturated heterocycles. The van der Waals surface area contributed by atoms with Crippen LogP contribution in [0.4, 0.5) is 5.69 Å². The molecule has 2 aromatic rings. The Balaban J connectivity index is 2.33. The lowest BCUT2D eigenvalue weighted by atomic mass is 10.2. The molecule has 92 valence electrons. The highest BCUT2D eigenvalue weighted by molar-refractivity contribution is 5.71. The van der Waals surface area contributed by atoms with Crippen LogP contribution in [0.1, 0.15) is 18.2 Å². The number of benzene rings is 1. The van der Waals surface area contributed by atoms with Crippen molar-refractivity contribution < 1.29 is 9.31 Å². The van der Waals surface area contributed by atoms with Crippen molar-refractivity contribution >= 4 is 11.9 Å². The number of hydrogen-bond acceptors (Lipinski definition) is 1. The van der Waals surface area contributed by atoms with Crippen LogP contribution in [-0.4, -0.2) is 11.0 Å². The summed E-state index contributed by atoms with van der Waals surface area (Å²) in [4.78, 5) is 0. The first kappa shape index (κ1) is 12.3. The summed E-state index contributed by atoms with van der Waals surface area (Å²) in [5.41, 5.74) is 2.77. The van der Waals surface area contributed by atoms with Crippen molar-refractivity contribution in [2.45, 2.75) is 13.3 Å². The van der Waals surface area contributed by atoms with Crippen LogP contribution >= 0.6 is 0 Å². The summed E-state index contributed by atoms with van der Waals surface area (Å²) in [6.07, 6.45) is 4.63. The molecule has 0 aliphatic rings. The van der Waals surface area contributed by atoms with Crippen LogP contribution in [0.25, 0.3) is 0 Å². The number of rotatable bonds is 3. The van der Waals surface area contributed by atoms with Crippen molar-refractivity contribution in [1.82, 2.24) is 0 Å². The monoisotopic (exact) mass is 241 g/mol. The Bertz CT molecular complexity index is 562. The van der Waals surface area contributed by atoms with E-state index in [-0.39, 0.29) is 0 Å². The van der Waals surface area contributed by atoms with Gasteiger partial charge < -0.3 is 5.21 Å². The molecule has 0 radical (unpaired) electrons. The van der Waals surface area contributed by atoms with E-state index in [0.717, 1.165) is 16.9 Å². The number of para-hydroxylation sites is 1. The highest BCUT2D eigenvalue weighted by Gasteiger charge is 2.09. The minimum Gasteiger partial charge on any atom is -0.618 e. The number of pyridine rings is 1. The highest BCUT2D eigenvalue weighted by Crippen LogP contribution is 2.08. The van der Waals surface area contributed by atoms with Gasteiger partial charge in [-0.1, -0.05) is 25.1 Å². The van der Waals surface area contributed by atoms with E-state index in [4.69, 9.17) is 0 Å². The molecule has 1 heterocycles. The van der Waals surface area contributed by atoms with Crippen molar-refractivity contribution in [2.24, 2.45) is 7.05 Å². The first-order valence-corrected chi connectivity index (χ1v) is 6.05. The maximum Gasteiger partial charge on any atom is 0.270 e. The smallest absolute Gasteiger partial charge is 0.270 e. The Morgan fingerprint density at radius 2 is 1.89 bits per heavy atom. The van der Waals surface area contributed by atoms with Crippen LogP contribution < -0.4 is 4.57 Å². The van der Waals surface area contributed by atoms with Gasteiger partial charge in [0, 0.05) is 23.8 Å². The highest BCUT2D eigenvalue weighted by atomic mass is 16.5. The van der Waals surface area contributed by atoms with E-state index in [9.17, 15) is 5.21 Å². The second-order valence-corrected chi connectivity index (χ2v) is 4.22. The summed E-state index contributed by atoms with van der Waals surface area (Å²) in [5.74, 6) is 0. The Kier molecular flexibility index (Phi) is 3.72.